The molecule has 1 N–H and O–H groups in total. The number of hydrogen-bond acceptors (Lipinski definition) is 4. The number of carbonyl (C=O) groups excluding carboxylic acids is 3. The van der Waals surface area contributed by atoms with Crippen LogP contribution in [0.15, 0.2) is 30.3 Å². The van der Waals surface area contributed by atoms with Crippen LogP contribution in [0, 0.1) is 11.8 Å². The van der Waals surface area contributed by atoms with Crippen molar-refractivity contribution in [2.75, 3.05) is 19.7 Å². The van der Waals surface area contributed by atoms with E-state index in [1.54, 1.807) is 0 Å². The number of carbonyl (C=O) groups is 3. The number of likely N-dealkylation sites (tertiary alicyclic amines) is 1. The molecule has 2 fully saturated rings. The monoisotopic (exact) mass is 344 g/mol. The van der Waals surface area contributed by atoms with Gasteiger partial charge in [-0.25, -0.2) is 0 Å². The summed E-state index contributed by atoms with van der Waals surface area (Å²) in [6.07, 6.45) is 3.76. The van der Waals surface area contributed by atoms with Gasteiger partial charge in [-0.15, -0.1) is 0 Å². The molecule has 0 spiro atoms. The predicted molar refractivity (Wildman–Crippen MR) is 91.7 cm³/mol. The van der Waals surface area contributed by atoms with Gasteiger partial charge < -0.3 is 10.1 Å². The summed E-state index contributed by atoms with van der Waals surface area (Å²) in [5.41, 5.74) is 0. The molecule has 6 nitrogen and oxygen atoms in total. The van der Waals surface area contributed by atoms with Crippen molar-refractivity contribution in [3.63, 3.8) is 0 Å². The Labute approximate surface area is 147 Å². The van der Waals surface area contributed by atoms with E-state index in [2.05, 4.69) is 5.32 Å². The number of para-hydroxylation sites is 1. The largest absolute Gasteiger partial charge is 0.492 e. The number of imide groups is 1. The first-order valence-electron chi connectivity index (χ1n) is 8.96. The van der Waals surface area contributed by atoms with Crippen LogP contribution in [0.2, 0.25) is 0 Å². The summed E-state index contributed by atoms with van der Waals surface area (Å²) in [5.74, 6) is 0.108. The lowest BCUT2D eigenvalue weighted by molar-refractivity contribution is -0.140. The number of rotatable bonds is 7. The number of nitrogens with one attached hydrogen (secondary N) is 1. The number of amides is 3. The lowest BCUT2D eigenvalue weighted by atomic mass is 9.81. The van der Waals surface area contributed by atoms with E-state index < -0.39 is 0 Å². The molecule has 3 amide bonds. The Morgan fingerprint density at radius 3 is 2.36 bits per heavy atom. The molecule has 134 valence electrons. The first-order chi connectivity index (χ1) is 12.2. The minimum absolute atomic E-state index is 0.0880. The maximum atomic E-state index is 12.3. The number of nitrogens with zero attached hydrogens (tertiary/aromatic N) is 1. The number of benzene rings is 1. The van der Waals surface area contributed by atoms with Gasteiger partial charge in [-0.2, -0.15) is 0 Å². The number of hydrogen-bond donors (Lipinski definition) is 1. The van der Waals surface area contributed by atoms with Gasteiger partial charge in [-0.3, -0.25) is 19.3 Å². The van der Waals surface area contributed by atoms with Crippen molar-refractivity contribution in [1.82, 2.24) is 10.2 Å². The molecule has 0 aromatic heterocycles. The summed E-state index contributed by atoms with van der Waals surface area (Å²) >= 11 is 0. The second-order valence-electron chi connectivity index (χ2n) is 6.59. The van der Waals surface area contributed by atoms with Gasteiger partial charge in [0.1, 0.15) is 12.4 Å². The highest BCUT2D eigenvalue weighted by atomic mass is 16.5. The molecule has 1 heterocycles. The van der Waals surface area contributed by atoms with Crippen molar-refractivity contribution in [1.29, 1.82) is 0 Å². The minimum Gasteiger partial charge on any atom is -0.492 e. The molecule has 0 radical (unpaired) electrons. The van der Waals surface area contributed by atoms with Crippen LogP contribution in [0.1, 0.15) is 32.1 Å². The van der Waals surface area contributed by atoms with E-state index >= 15 is 0 Å². The molecule has 0 unspecified atom stereocenters. The summed E-state index contributed by atoms with van der Waals surface area (Å²) in [6.45, 7) is 0.943. The molecule has 1 aliphatic heterocycles. The SMILES string of the molecule is O=C(CCN1C(=O)[C@@H]2CCCC[C@H]2C1=O)NCCOc1ccccc1. The van der Waals surface area contributed by atoms with Crippen LogP contribution < -0.4 is 10.1 Å². The van der Waals surface area contributed by atoms with Crippen molar-refractivity contribution < 1.29 is 19.1 Å². The fraction of sp³-hybridized carbons (Fsp3) is 0.526. The Kier molecular flexibility index (Phi) is 5.68. The average Bonchev–Trinajstić information content (AvgIpc) is 2.89. The summed E-state index contributed by atoms with van der Waals surface area (Å²) in [4.78, 5) is 37.9. The number of ether oxygens (including phenoxy) is 1. The van der Waals surface area contributed by atoms with Gasteiger partial charge in [0.2, 0.25) is 17.7 Å². The van der Waals surface area contributed by atoms with Crippen molar-refractivity contribution in [2.24, 2.45) is 11.8 Å². The molecule has 1 aromatic carbocycles. The molecule has 2 atom stereocenters. The van der Waals surface area contributed by atoms with Crippen LogP contribution in [-0.2, 0) is 14.4 Å². The summed E-state index contributed by atoms with van der Waals surface area (Å²) < 4.78 is 5.50. The zero-order chi connectivity index (χ0) is 17.6. The summed E-state index contributed by atoms with van der Waals surface area (Å²) in [7, 11) is 0. The van der Waals surface area contributed by atoms with Crippen LogP contribution in [0.5, 0.6) is 5.75 Å². The predicted octanol–water partition coefficient (Wildman–Crippen LogP) is 1.75. The Morgan fingerprint density at radius 2 is 1.72 bits per heavy atom. The standard InChI is InChI=1S/C19H24N2O4/c22-17(20-11-13-25-14-6-2-1-3-7-14)10-12-21-18(23)15-8-4-5-9-16(15)19(21)24/h1-3,6-7,15-16H,4-5,8-13H2,(H,20,22)/t15-,16-/m1/s1. The third-order valence-electron chi connectivity index (χ3n) is 4.93. The first-order valence-corrected chi connectivity index (χ1v) is 8.96. The summed E-state index contributed by atoms with van der Waals surface area (Å²) in [6, 6.07) is 9.38. The molecule has 1 aliphatic carbocycles. The highest BCUT2D eigenvalue weighted by Crippen LogP contribution is 2.37. The fourth-order valence-electron chi connectivity index (χ4n) is 3.63. The first kappa shape index (κ1) is 17.5. The Hall–Kier alpha value is -2.37. The van der Waals surface area contributed by atoms with Crippen LogP contribution in [0.4, 0.5) is 0 Å². The van der Waals surface area contributed by atoms with Crippen molar-refractivity contribution in [3.8, 4) is 5.75 Å². The maximum Gasteiger partial charge on any atom is 0.233 e. The van der Waals surface area contributed by atoms with Gasteiger partial charge in [-0.1, -0.05) is 31.0 Å². The quantitative estimate of drug-likeness (QED) is 0.604. The maximum absolute atomic E-state index is 12.3. The van der Waals surface area contributed by atoms with Crippen LogP contribution in [-0.4, -0.2) is 42.3 Å². The van der Waals surface area contributed by atoms with E-state index in [0.717, 1.165) is 31.4 Å². The average molecular weight is 344 g/mol. The topological polar surface area (TPSA) is 75.7 Å². The smallest absolute Gasteiger partial charge is 0.233 e. The van der Waals surface area contributed by atoms with Crippen molar-refractivity contribution in [2.45, 2.75) is 32.1 Å². The molecule has 1 aromatic rings. The Bertz CT molecular complexity index is 608. The molecule has 0 bridgehead atoms. The van der Waals surface area contributed by atoms with Gasteiger partial charge in [0.15, 0.2) is 0 Å². The Balaban J connectivity index is 1.37. The number of fused-ring (bicyclic) bond motifs is 1. The molecule has 25 heavy (non-hydrogen) atoms. The van der Waals surface area contributed by atoms with Crippen molar-refractivity contribution in [3.05, 3.63) is 30.3 Å². The highest BCUT2D eigenvalue weighted by molar-refractivity contribution is 6.05. The van der Waals surface area contributed by atoms with Crippen molar-refractivity contribution >= 4 is 17.7 Å². The van der Waals surface area contributed by atoms with E-state index in [0.29, 0.717) is 13.2 Å². The molecule has 6 heteroatoms. The van der Waals surface area contributed by atoms with E-state index in [-0.39, 0.29) is 42.5 Å². The molecular weight excluding hydrogens is 320 g/mol. The second kappa shape index (κ2) is 8.14. The highest BCUT2D eigenvalue weighted by Gasteiger charge is 2.47. The third-order valence-corrected chi connectivity index (χ3v) is 4.93. The molecule has 2 aliphatic rings. The minimum atomic E-state index is -0.174. The lowest BCUT2D eigenvalue weighted by Gasteiger charge is -2.19. The lowest BCUT2D eigenvalue weighted by Crippen LogP contribution is -2.36. The van der Waals surface area contributed by atoms with Gasteiger partial charge in [0, 0.05) is 13.0 Å². The van der Waals surface area contributed by atoms with E-state index in [1.807, 2.05) is 30.3 Å². The van der Waals surface area contributed by atoms with Crippen LogP contribution >= 0.6 is 0 Å². The third kappa shape index (κ3) is 4.18. The second-order valence-corrected chi connectivity index (χ2v) is 6.59. The van der Waals surface area contributed by atoms with Crippen LogP contribution in [0.25, 0.3) is 0 Å². The molecular formula is C19H24N2O4. The normalized spacial score (nSPS) is 22.6. The van der Waals surface area contributed by atoms with E-state index in [9.17, 15) is 14.4 Å². The van der Waals surface area contributed by atoms with Gasteiger partial charge in [0.25, 0.3) is 0 Å². The van der Waals surface area contributed by atoms with Crippen LogP contribution in [0.3, 0.4) is 0 Å². The van der Waals surface area contributed by atoms with Gasteiger partial charge in [0.05, 0.1) is 18.4 Å². The molecule has 1 saturated carbocycles. The zero-order valence-electron chi connectivity index (χ0n) is 14.3. The van der Waals surface area contributed by atoms with E-state index in [1.165, 1.54) is 4.90 Å². The summed E-state index contributed by atoms with van der Waals surface area (Å²) in [5, 5.41) is 2.76. The van der Waals surface area contributed by atoms with Gasteiger partial charge in [-0.05, 0) is 25.0 Å². The molecule has 3 rings (SSSR count). The van der Waals surface area contributed by atoms with Gasteiger partial charge >= 0.3 is 0 Å². The Morgan fingerprint density at radius 1 is 1.08 bits per heavy atom. The molecule has 1 saturated heterocycles. The fourth-order valence-corrected chi connectivity index (χ4v) is 3.63. The van der Waals surface area contributed by atoms with E-state index in [4.69, 9.17) is 4.74 Å². The zero-order valence-corrected chi connectivity index (χ0v) is 14.3.